The van der Waals surface area contributed by atoms with Crippen molar-refractivity contribution in [3.63, 3.8) is 0 Å². The molecule has 1 amide bonds. The van der Waals surface area contributed by atoms with E-state index >= 15 is 0 Å². The van der Waals surface area contributed by atoms with Crippen molar-refractivity contribution >= 4 is 38.5 Å². The molecule has 0 bridgehead atoms. The number of aliphatic carboxylic acids is 1. The molecule has 0 saturated heterocycles. The number of rotatable bonds is 7. The van der Waals surface area contributed by atoms with Crippen molar-refractivity contribution in [2.45, 2.75) is 24.9 Å². The van der Waals surface area contributed by atoms with Crippen molar-refractivity contribution in [2.24, 2.45) is 0 Å². The summed E-state index contributed by atoms with van der Waals surface area (Å²) in [6, 6.07) is 33.7. The highest BCUT2D eigenvalue weighted by atomic mass is 32.1. The van der Waals surface area contributed by atoms with Crippen molar-refractivity contribution < 1.29 is 19.4 Å². The zero-order chi connectivity index (χ0) is 26.1. The molecule has 1 aromatic heterocycles. The summed E-state index contributed by atoms with van der Waals surface area (Å²) >= 11 is 1.52. The third kappa shape index (κ3) is 4.55. The summed E-state index contributed by atoms with van der Waals surface area (Å²) in [6.45, 7) is 0.202. The maximum atomic E-state index is 12.7. The minimum Gasteiger partial charge on any atom is -0.481 e. The van der Waals surface area contributed by atoms with Crippen LogP contribution in [-0.4, -0.2) is 17.2 Å². The number of thiophene rings is 1. The zero-order valence-corrected chi connectivity index (χ0v) is 21.3. The van der Waals surface area contributed by atoms with E-state index in [1.807, 2.05) is 72.8 Å². The van der Waals surface area contributed by atoms with Crippen LogP contribution in [0, 0.1) is 0 Å². The smallest absolute Gasteiger partial charge is 0.412 e. The molecule has 0 unspecified atom stereocenters. The lowest BCUT2D eigenvalue weighted by molar-refractivity contribution is -0.140. The van der Waals surface area contributed by atoms with Crippen LogP contribution in [0.3, 0.4) is 0 Å². The van der Waals surface area contributed by atoms with Crippen LogP contribution in [0.2, 0.25) is 0 Å². The maximum absolute atomic E-state index is 12.7. The van der Waals surface area contributed by atoms with Gasteiger partial charge < -0.3 is 9.84 Å². The van der Waals surface area contributed by atoms with Crippen molar-refractivity contribution in [3.05, 3.63) is 114 Å². The molecule has 6 heteroatoms. The number of fused-ring (bicyclic) bond motifs is 1. The Bertz CT molecular complexity index is 1620. The molecule has 1 aliphatic carbocycles. The van der Waals surface area contributed by atoms with E-state index in [0.29, 0.717) is 12.8 Å². The number of carbonyl (C=O) groups excluding carboxylic acids is 1. The molecule has 5 nitrogen and oxygen atoms in total. The Hall–Kier alpha value is -4.42. The fourth-order valence-electron chi connectivity index (χ4n) is 4.83. The summed E-state index contributed by atoms with van der Waals surface area (Å²) in [4.78, 5) is 24.3. The molecule has 2 N–H and O–H groups in total. The summed E-state index contributed by atoms with van der Waals surface area (Å²) in [5.41, 5.74) is 5.11. The molecule has 188 valence electrons. The highest BCUT2D eigenvalue weighted by Crippen LogP contribution is 2.49. The molecule has 0 aliphatic heterocycles. The van der Waals surface area contributed by atoms with Gasteiger partial charge in [0.05, 0.1) is 5.41 Å². The van der Waals surface area contributed by atoms with Crippen LogP contribution in [0.5, 0.6) is 0 Å². The van der Waals surface area contributed by atoms with E-state index in [0.717, 1.165) is 48.5 Å². The molecule has 0 radical (unpaired) electrons. The van der Waals surface area contributed by atoms with Gasteiger partial charge in [0.2, 0.25) is 0 Å². The van der Waals surface area contributed by atoms with Crippen molar-refractivity contribution in [3.8, 4) is 22.3 Å². The van der Waals surface area contributed by atoms with Gasteiger partial charge in [-0.15, -0.1) is 11.3 Å². The van der Waals surface area contributed by atoms with Gasteiger partial charge in [0.15, 0.2) is 0 Å². The summed E-state index contributed by atoms with van der Waals surface area (Å²) in [7, 11) is 0. The van der Waals surface area contributed by atoms with E-state index in [1.165, 1.54) is 11.3 Å². The first kappa shape index (κ1) is 23.9. The average molecular weight is 520 g/mol. The minimum atomic E-state index is -0.744. The summed E-state index contributed by atoms with van der Waals surface area (Å²) in [5, 5.41) is 14.3. The van der Waals surface area contributed by atoms with Crippen LogP contribution in [-0.2, 0) is 21.6 Å². The van der Waals surface area contributed by atoms with Crippen LogP contribution >= 0.6 is 11.3 Å². The van der Waals surface area contributed by atoms with E-state index in [9.17, 15) is 14.7 Å². The van der Waals surface area contributed by atoms with Gasteiger partial charge in [-0.2, -0.15) is 0 Å². The van der Waals surface area contributed by atoms with Gasteiger partial charge in [-0.25, -0.2) is 4.79 Å². The molecule has 1 saturated carbocycles. The van der Waals surface area contributed by atoms with Crippen LogP contribution in [0.1, 0.15) is 24.0 Å². The molecule has 0 spiro atoms. The molecule has 5 aromatic rings. The first-order chi connectivity index (χ1) is 18.5. The number of ether oxygens (including phenoxy) is 1. The van der Waals surface area contributed by atoms with Gasteiger partial charge in [-0.3, -0.25) is 10.1 Å². The number of nitrogens with one attached hydrogen (secondary N) is 1. The van der Waals surface area contributed by atoms with Crippen molar-refractivity contribution in [1.82, 2.24) is 0 Å². The summed E-state index contributed by atoms with van der Waals surface area (Å²) in [6.07, 6.45) is 0.899. The number of hydrogen-bond acceptors (Lipinski definition) is 4. The van der Waals surface area contributed by atoms with Gasteiger partial charge in [-0.05, 0) is 46.7 Å². The van der Waals surface area contributed by atoms with Crippen LogP contribution < -0.4 is 5.32 Å². The Morgan fingerprint density at radius 3 is 2.05 bits per heavy atom. The van der Waals surface area contributed by atoms with E-state index in [4.69, 9.17) is 4.74 Å². The Morgan fingerprint density at radius 1 is 0.789 bits per heavy atom. The number of benzene rings is 4. The lowest BCUT2D eigenvalue weighted by Crippen LogP contribution is -2.19. The first-order valence-corrected chi connectivity index (χ1v) is 13.3. The van der Waals surface area contributed by atoms with E-state index < -0.39 is 17.5 Å². The van der Waals surface area contributed by atoms with Gasteiger partial charge in [0, 0.05) is 15.6 Å². The number of amides is 1. The summed E-state index contributed by atoms with van der Waals surface area (Å²) in [5.74, 6) is -0.744. The Morgan fingerprint density at radius 2 is 1.39 bits per heavy atom. The topological polar surface area (TPSA) is 75.6 Å². The fraction of sp³-hybridized carbons (Fsp3) is 0.125. The number of carboxylic acid groups (broad SMARTS) is 1. The fourth-order valence-corrected chi connectivity index (χ4v) is 5.94. The third-order valence-corrected chi connectivity index (χ3v) is 8.21. The highest BCUT2D eigenvalue weighted by Gasteiger charge is 2.51. The van der Waals surface area contributed by atoms with Crippen LogP contribution in [0.15, 0.2) is 103 Å². The Balaban J connectivity index is 1.25. The van der Waals surface area contributed by atoms with Crippen molar-refractivity contribution in [1.29, 1.82) is 0 Å². The summed E-state index contributed by atoms with van der Waals surface area (Å²) < 4.78 is 6.55. The molecular weight excluding hydrogens is 494 g/mol. The molecule has 1 aliphatic rings. The molecule has 1 heterocycles. The second-order valence-corrected chi connectivity index (χ2v) is 10.6. The number of carboxylic acids is 1. The molecular formula is C32H25NO4S. The Labute approximate surface area is 224 Å². The van der Waals surface area contributed by atoms with Gasteiger partial charge >= 0.3 is 12.1 Å². The van der Waals surface area contributed by atoms with Crippen molar-refractivity contribution in [2.75, 3.05) is 5.32 Å². The average Bonchev–Trinajstić information content (AvgIpc) is 3.69. The monoisotopic (exact) mass is 519 g/mol. The van der Waals surface area contributed by atoms with E-state index in [2.05, 4.69) is 35.6 Å². The molecule has 6 rings (SSSR count). The molecule has 0 atom stereocenters. The Kier molecular flexibility index (Phi) is 6.18. The lowest BCUT2D eigenvalue weighted by atomic mass is 9.93. The third-order valence-electron chi connectivity index (χ3n) is 7.13. The van der Waals surface area contributed by atoms with E-state index in [1.54, 1.807) is 0 Å². The van der Waals surface area contributed by atoms with E-state index in [-0.39, 0.29) is 6.61 Å². The molecule has 4 aromatic carbocycles. The number of carbonyl (C=O) groups is 2. The minimum absolute atomic E-state index is 0.202. The second kappa shape index (κ2) is 9.80. The predicted octanol–water partition coefficient (Wildman–Crippen LogP) is 8.10. The molecule has 1 fully saturated rings. The predicted molar refractivity (Wildman–Crippen MR) is 151 cm³/mol. The highest BCUT2D eigenvalue weighted by molar-refractivity contribution is 7.23. The quantitative estimate of drug-likeness (QED) is 0.228. The van der Waals surface area contributed by atoms with Crippen LogP contribution in [0.25, 0.3) is 32.3 Å². The normalized spacial score (nSPS) is 13.7. The van der Waals surface area contributed by atoms with Crippen LogP contribution in [0.4, 0.5) is 9.80 Å². The number of anilines is 1. The lowest BCUT2D eigenvalue weighted by Gasteiger charge is -2.12. The van der Waals surface area contributed by atoms with Gasteiger partial charge in [-0.1, -0.05) is 97.1 Å². The zero-order valence-electron chi connectivity index (χ0n) is 20.5. The second-order valence-electron chi connectivity index (χ2n) is 9.53. The SMILES string of the molecule is O=C(Nc1sc2ccccc2c1-c1ccc(-c2ccc(C3(C(=O)O)CC3)cc2)cc1)OCc1ccccc1. The maximum Gasteiger partial charge on any atom is 0.412 e. The largest absolute Gasteiger partial charge is 0.481 e. The first-order valence-electron chi connectivity index (χ1n) is 12.5. The number of hydrogen-bond donors (Lipinski definition) is 2. The standard InChI is InChI=1S/C32H25NO4S/c34-30(35)32(18-19-32)25-16-14-23(15-17-25)22-10-12-24(13-11-22)28-26-8-4-5-9-27(26)38-29(28)33-31(36)37-20-21-6-2-1-3-7-21/h1-17H,18-20H2,(H,33,36)(H,34,35). The van der Waals surface area contributed by atoms with Gasteiger partial charge in [0.25, 0.3) is 0 Å². The molecule has 38 heavy (non-hydrogen) atoms. The van der Waals surface area contributed by atoms with Gasteiger partial charge in [0.1, 0.15) is 11.6 Å².